The summed E-state index contributed by atoms with van der Waals surface area (Å²) in [6, 6.07) is 5.66. The molecule has 3 aromatic rings. The van der Waals surface area contributed by atoms with Gasteiger partial charge in [-0.05, 0) is 31.2 Å². The standard InChI is InChI=1S/C18H15ClF2N6O2/c1-2-11(26-17(28)13-8-24-16-12(25-13)5-6-23-16)15(27-22)10-7-9(19)3-4-14(10)29-18(20)21/h2-8,18H,22H2,1H3,(H,23,24)(H,26,28)/b11-2+,27-15-. The molecule has 0 saturated heterocycles. The zero-order valence-corrected chi connectivity index (χ0v) is 15.7. The minimum atomic E-state index is -3.07. The van der Waals surface area contributed by atoms with Crippen molar-refractivity contribution < 1.29 is 18.3 Å². The van der Waals surface area contributed by atoms with E-state index in [-0.39, 0.29) is 33.4 Å². The Morgan fingerprint density at radius 1 is 1.41 bits per heavy atom. The van der Waals surface area contributed by atoms with E-state index >= 15 is 0 Å². The Morgan fingerprint density at radius 3 is 2.90 bits per heavy atom. The van der Waals surface area contributed by atoms with E-state index in [0.717, 1.165) is 0 Å². The predicted molar refractivity (Wildman–Crippen MR) is 104 cm³/mol. The molecule has 3 rings (SSSR count). The summed E-state index contributed by atoms with van der Waals surface area (Å²) in [7, 11) is 0. The first kappa shape index (κ1) is 20.2. The molecule has 0 radical (unpaired) electrons. The number of hydrogen-bond donors (Lipinski definition) is 3. The molecule has 0 atom stereocenters. The van der Waals surface area contributed by atoms with E-state index in [0.29, 0.717) is 11.2 Å². The van der Waals surface area contributed by atoms with E-state index in [9.17, 15) is 13.6 Å². The number of aromatic nitrogens is 3. The fourth-order valence-electron chi connectivity index (χ4n) is 2.56. The van der Waals surface area contributed by atoms with Gasteiger partial charge in [0.05, 0.1) is 11.9 Å². The average Bonchev–Trinajstić information content (AvgIpc) is 3.17. The van der Waals surface area contributed by atoms with Gasteiger partial charge in [0.25, 0.3) is 5.91 Å². The molecule has 2 heterocycles. The average molecular weight is 421 g/mol. The van der Waals surface area contributed by atoms with Crippen LogP contribution in [0.1, 0.15) is 23.0 Å². The Hall–Kier alpha value is -3.53. The number of hydrogen-bond acceptors (Lipinski definition) is 6. The number of aromatic amines is 1. The van der Waals surface area contributed by atoms with Crippen LogP contribution >= 0.6 is 11.6 Å². The summed E-state index contributed by atoms with van der Waals surface area (Å²) >= 11 is 5.98. The lowest BCUT2D eigenvalue weighted by Gasteiger charge is -2.15. The number of carbonyl (C=O) groups excluding carboxylic acids is 1. The third kappa shape index (κ3) is 4.49. The summed E-state index contributed by atoms with van der Waals surface area (Å²) in [5.74, 6) is 4.70. The lowest BCUT2D eigenvalue weighted by molar-refractivity contribution is -0.0499. The van der Waals surface area contributed by atoms with Gasteiger partial charge in [0.2, 0.25) is 0 Å². The maximum atomic E-state index is 12.8. The molecule has 0 bridgehead atoms. The van der Waals surface area contributed by atoms with E-state index in [4.69, 9.17) is 17.4 Å². The number of alkyl halides is 2. The molecule has 8 nitrogen and oxygen atoms in total. The molecule has 1 amide bonds. The van der Waals surface area contributed by atoms with Gasteiger partial charge in [-0.25, -0.2) is 9.97 Å². The Labute approximate surface area is 168 Å². The van der Waals surface area contributed by atoms with Gasteiger partial charge in [-0.2, -0.15) is 13.9 Å². The molecule has 4 N–H and O–H groups in total. The molecule has 29 heavy (non-hydrogen) atoms. The zero-order chi connectivity index (χ0) is 21.0. The Bertz CT molecular complexity index is 1110. The smallest absolute Gasteiger partial charge is 0.387 e. The van der Waals surface area contributed by atoms with Crippen LogP contribution in [0, 0.1) is 0 Å². The minimum Gasteiger partial charge on any atom is -0.434 e. The molecule has 0 aliphatic rings. The normalized spacial score (nSPS) is 12.4. The number of benzene rings is 1. The number of carbonyl (C=O) groups is 1. The molecular weight excluding hydrogens is 406 g/mol. The number of nitrogens with one attached hydrogen (secondary N) is 2. The summed E-state index contributed by atoms with van der Waals surface area (Å²) in [6.07, 6.45) is 4.44. The lowest BCUT2D eigenvalue weighted by Crippen LogP contribution is -2.29. The molecule has 0 aliphatic heterocycles. The van der Waals surface area contributed by atoms with E-state index < -0.39 is 12.5 Å². The highest BCUT2D eigenvalue weighted by Crippen LogP contribution is 2.27. The maximum Gasteiger partial charge on any atom is 0.387 e. The van der Waals surface area contributed by atoms with Gasteiger partial charge in [-0.15, -0.1) is 0 Å². The molecule has 0 spiro atoms. The van der Waals surface area contributed by atoms with Crippen LogP contribution in [0.25, 0.3) is 11.2 Å². The number of fused-ring (bicyclic) bond motifs is 1. The highest BCUT2D eigenvalue weighted by atomic mass is 35.5. The summed E-state index contributed by atoms with van der Waals surface area (Å²) in [4.78, 5) is 23.8. The first-order chi connectivity index (χ1) is 13.9. The zero-order valence-electron chi connectivity index (χ0n) is 15.0. The fourth-order valence-corrected chi connectivity index (χ4v) is 2.74. The van der Waals surface area contributed by atoms with Crippen LogP contribution < -0.4 is 15.9 Å². The van der Waals surface area contributed by atoms with Gasteiger partial charge in [-0.1, -0.05) is 17.7 Å². The monoisotopic (exact) mass is 420 g/mol. The second-order valence-electron chi connectivity index (χ2n) is 5.62. The van der Waals surface area contributed by atoms with Gasteiger partial charge in [-0.3, -0.25) is 4.79 Å². The van der Waals surface area contributed by atoms with E-state index in [1.807, 2.05) is 0 Å². The van der Waals surface area contributed by atoms with Crippen LogP contribution in [-0.4, -0.2) is 33.2 Å². The van der Waals surface area contributed by atoms with Crippen LogP contribution in [0.4, 0.5) is 8.78 Å². The summed E-state index contributed by atoms with van der Waals surface area (Å²) < 4.78 is 30.0. The third-order valence-electron chi connectivity index (χ3n) is 3.83. The van der Waals surface area contributed by atoms with Crippen molar-refractivity contribution in [3.63, 3.8) is 0 Å². The van der Waals surface area contributed by atoms with Gasteiger partial charge in [0.15, 0.2) is 5.65 Å². The molecule has 1 aromatic carbocycles. The Morgan fingerprint density at radius 2 is 2.21 bits per heavy atom. The number of halogens is 3. The van der Waals surface area contributed by atoms with Crippen molar-refractivity contribution >= 4 is 34.4 Å². The van der Waals surface area contributed by atoms with Crippen LogP contribution in [0.5, 0.6) is 5.75 Å². The van der Waals surface area contributed by atoms with Crippen molar-refractivity contribution in [1.82, 2.24) is 20.3 Å². The molecule has 0 saturated carbocycles. The minimum absolute atomic E-state index is 0.00492. The van der Waals surface area contributed by atoms with Crippen molar-refractivity contribution in [2.45, 2.75) is 13.5 Å². The van der Waals surface area contributed by atoms with Crippen molar-refractivity contribution in [3.05, 3.63) is 64.7 Å². The van der Waals surface area contributed by atoms with Crippen molar-refractivity contribution in [2.75, 3.05) is 0 Å². The van der Waals surface area contributed by atoms with Crippen molar-refractivity contribution in [3.8, 4) is 5.75 Å². The first-order valence-electron chi connectivity index (χ1n) is 8.23. The van der Waals surface area contributed by atoms with Crippen LogP contribution in [0.3, 0.4) is 0 Å². The third-order valence-corrected chi connectivity index (χ3v) is 4.06. The molecule has 0 unspecified atom stereocenters. The summed E-state index contributed by atoms with van der Waals surface area (Å²) in [6.45, 7) is -1.46. The van der Waals surface area contributed by atoms with Crippen LogP contribution in [-0.2, 0) is 0 Å². The Balaban J connectivity index is 1.92. The molecule has 0 fully saturated rings. The summed E-state index contributed by atoms with van der Waals surface area (Å²) in [5, 5.41) is 6.48. The number of nitrogens with two attached hydrogens (primary N) is 1. The van der Waals surface area contributed by atoms with Crippen LogP contribution in [0.15, 0.2) is 53.5 Å². The highest BCUT2D eigenvalue weighted by Gasteiger charge is 2.20. The molecular formula is C18H15ClF2N6O2. The second-order valence-corrected chi connectivity index (χ2v) is 6.06. The summed E-state index contributed by atoms with van der Waals surface area (Å²) in [5.41, 5.74) is 1.31. The number of amides is 1. The van der Waals surface area contributed by atoms with Gasteiger partial charge < -0.3 is 20.9 Å². The van der Waals surface area contributed by atoms with E-state index in [2.05, 4.69) is 30.1 Å². The molecule has 11 heteroatoms. The topological polar surface area (TPSA) is 118 Å². The first-order valence-corrected chi connectivity index (χ1v) is 8.61. The number of nitrogens with zero attached hydrogens (tertiary/aromatic N) is 3. The quantitative estimate of drug-likeness (QED) is 0.321. The number of H-pyrrole nitrogens is 1. The molecule has 0 aliphatic carbocycles. The number of allylic oxidation sites excluding steroid dienone is 2. The molecule has 150 valence electrons. The highest BCUT2D eigenvalue weighted by molar-refractivity contribution is 6.31. The Kier molecular flexibility index (Phi) is 6.03. The maximum absolute atomic E-state index is 12.8. The van der Waals surface area contributed by atoms with E-state index in [1.165, 1.54) is 30.5 Å². The van der Waals surface area contributed by atoms with Gasteiger partial charge in [0, 0.05) is 16.8 Å². The second kappa shape index (κ2) is 8.65. The lowest BCUT2D eigenvalue weighted by atomic mass is 10.1. The van der Waals surface area contributed by atoms with Crippen molar-refractivity contribution in [2.24, 2.45) is 10.9 Å². The number of hydrazone groups is 1. The van der Waals surface area contributed by atoms with Crippen molar-refractivity contribution in [1.29, 1.82) is 0 Å². The SMILES string of the molecule is C/C=C(NC(=O)c1cnc2[nH]ccc2n1)\C(=N/N)c1cc(Cl)ccc1OC(F)F. The predicted octanol–water partition coefficient (Wildman–Crippen LogP) is 3.21. The van der Waals surface area contributed by atoms with Gasteiger partial charge >= 0.3 is 6.61 Å². The molecule has 2 aromatic heterocycles. The number of rotatable bonds is 6. The van der Waals surface area contributed by atoms with Gasteiger partial charge in [0.1, 0.15) is 22.7 Å². The number of ether oxygens (including phenoxy) is 1. The van der Waals surface area contributed by atoms with E-state index in [1.54, 1.807) is 19.2 Å². The van der Waals surface area contributed by atoms with Crippen LogP contribution in [0.2, 0.25) is 5.02 Å². The largest absolute Gasteiger partial charge is 0.434 e. The fraction of sp³-hybridized carbons (Fsp3) is 0.111.